The second-order valence-corrected chi connectivity index (χ2v) is 6.89. The lowest BCUT2D eigenvalue weighted by Crippen LogP contribution is -2.29. The van der Waals surface area contributed by atoms with E-state index >= 15 is 0 Å². The van der Waals surface area contributed by atoms with E-state index in [1.807, 2.05) is 62.4 Å². The van der Waals surface area contributed by atoms with Gasteiger partial charge in [-0.1, -0.05) is 54.2 Å². The standard InChI is InChI=1S/C20H21N3O2S/c1-3-23-19(25)16-11-7-8-12-17(16)22-20(23)26-13-18(24)21-14(2)15-9-5-4-6-10-15/h4-12,14H,3,13H2,1-2H3,(H,21,24). The number of hydrogen-bond donors (Lipinski definition) is 1. The number of aromatic nitrogens is 2. The van der Waals surface area contributed by atoms with Crippen molar-refractivity contribution in [3.8, 4) is 0 Å². The van der Waals surface area contributed by atoms with Crippen molar-refractivity contribution < 1.29 is 4.79 Å². The lowest BCUT2D eigenvalue weighted by atomic mass is 10.1. The summed E-state index contributed by atoms with van der Waals surface area (Å²) >= 11 is 1.29. The number of thioether (sulfide) groups is 1. The Balaban J connectivity index is 1.73. The Morgan fingerprint density at radius 3 is 2.58 bits per heavy atom. The average Bonchev–Trinajstić information content (AvgIpc) is 2.67. The highest BCUT2D eigenvalue weighted by molar-refractivity contribution is 7.99. The third-order valence-corrected chi connectivity index (χ3v) is 5.13. The van der Waals surface area contributed by atoms with Crippen molar-refractivity contribution in [3.05, 3.63) is 70.5 Å². The van der Waals surface area contributed by atoms with Gasteiger partial charge in [-0.25, -0.2) is 4.98 Å². The summed E-state index contributed by atoms with van der Waals surface area (Å²) in [6.07, 6.45) is 0. The molecule has 0 saturated heterocycles. The van der Waals surface area contributed by atoms with Gasteiger partial charge in [0.15, 0.2) is 5.16 Å². The van der Waals surface area contributed by atoms with Gasteiger partial charge in [-0.2, -0.15) is 0 Å². The monoisotopic (exact) mass is 367 g/mol. The predicted molar refractivity (Wildman–Crippen MR) is 105 cm³/mol. The fourth-order valence-corrected chi connectivity index (χ4v) is 3.65. The maximum absolute atomic E-state index is 12.6. The van der Waals surface area contributed by atoms with Gasteiger partial charge in [0.2, 0.25) is 5.91 Å². The van der Waals surface area contributed by atoms with Crippen LogP contribution in [0.25, 0.3) is 10.9 Å². The Morgan fingerprint density at radius 2 is 1.85 bits per heavy atom. The van der Waals surface area contributed by atoms with Crippen molar-refractivity contribution >= 4 is 28.6 Å². The van der Waals surface area contributed by atoms with Crippen LogP contribution in [0.2, 0.25) is 0 Å². The molecule has 26 heavy (non-hydrogen) atoms. The van der Waals surface area contributed by atoms with Crippen LogP contribution in [0.3, 0.4) is 0 Å². The van der Waals surface area contributed by atoms with Gasteiger partial charge >= 0.3 is 0 Å². The van der Waals surface area contributed by atoms with Crippen LogP contribution in [0.5, 0.6) is 0 Å². The topological polar surface area (TPSA) is 64.0 Å². The minimum absolute atomic E-state index is 0.0674. The molecule has 1 heterocycles. The van der Waals surface area contributed by atoms with E-state index in [4.69, 9.17) is 0 Å². The molecule has 1 atom stereocenters. The van der Waals surface area contributed by atoms with Gasteiger partial charge < -0.3 is 5.32 Å². The largest absolute Gasteiger partial charge is 0.349 e. The van der Waals surface area contributed by atoms with Gasteiger partial charge in [-0.05, 0) is 31.5 Å². The fourth-order valence-electron chi connectivity index (χ4n) is 2.77. The zero-order valence-corrected chi connectivity index (χ0v) is 15.6. The summed E-state index contributed by atoms with van der Waals surface area (Å²) in [4.78, 5) is 29.5. The number of nitrogens with zero attached hydrogens (tertiary/aromatic N) is 2. The van der Waals surface area contributed by atoms with E-state index in [1.165, 1.54) is 11.8 Å². The highest BCUT2D eigenvalue weighted by Gasteiger charge is 2.14. The summed E-state index contributed by atoms with van der Waals surface area (Å²) in [5.74, 6) is 0.124. The second-order valence-electron chi connectivity index (χ2n) is 5.95. The van der Waals surface area contributed by atoms with Gasteiger partial charge in [-0.3, -0.25) is 14.2 Å². The molecule has 1 aromatic heterocycles. The van der Waals surface area contributed by atoms with E-state index in [-0.39, 0.29) is 23.3 Å². The normalized spacial score (nSPS) is 12.1. The average molecular weight is 367 g/mol. The Hall–Kier alpha value is -2.60. The molecule has 0 spiro atoms. The summed E-state index contributed by atoms with van der Waals surface area (Å²) in [7, 11) is 0. The molecule has 0 fully saturated rings. The molecule has 134 valence electrons. The highest BCUT2D eigenvalue weighted by Crippen LogP contribution is 2.18. The Labute approximate surface area is 156 Å². The summed E-state index contributed by atoms with van der Waals surface area (Å²) in [5.41, 5.74) is 1.64. The number of nitrogens with one attached hydrogen (secondary N) is 1. The van der Waals surface area contributed by atoms with Crippen LogP contribution in [0.4, 0.5) is 0 Å². The van der Waals surface area contributed by atoms with E-state index in [2.05, 4.69) is 10.3 Å². The molecule has 1 N–H and O–H groups in total. The van der Waals surface area contributed by atoms with Crippen molar-refractivity contribution in [1.82, 2.24) is 14.9 Å². The van der Waals surface area contributed by atoms with Crippen molar-refractivity contribution in [2.45, 2.75) is 31.6 Å². The molecule has 1 amide bonds. The van der Waals surface area contributed by atoms with Gasteiger partial charge in [0.1, 0.15) is 0 Å². The molecule has 0 radical (unpaired) electrons. The van der Waals surface area contributed by atoms with Crippen LogP contribution in [0, 0.1) is 0 Å². The first-order valence-electron chi connectivity index (χ1n) is 8.57. The molecule has 0 aliphatic rings. The lowest BCUT2D eigenvalue weighted by molar-refractivity contribution is -0.119. The van der Waals surface area contributed by atoms with E-state index in [9.17, 15) is 9.59 Å². The van der Waals surface area contributed by atoms with E-state index in [0.29, 0.717) is 22.6 Å². The molecule has 6 heteroatoms. The van der Waals surface area contributed by atoms with Gasteiger partial charge in [0.05, 0.1) is 22.7 Å². The maximum Gasteiger partial charge on any atom is 0.262 e. The summed E-state index contributed by atoms with van der Waals surface area (Å²) in [5, 5.41) is 4.15. The molecular formula is C20H21N3O2S. The quantitative estimate of drug-likeness (QED) is 0.536. The molecule has 0 bridgehead atoms. The van der Waals surface area contributed by atoms with Crippen LogP contribution in [-0.4, -0.2) is 21.2 Å². The number of carbonyl (C=O) groups is 1. The third kappa shape index (κ3) is 3.96. The number of para-hydroxylation sites is 1. The molecule has 3 rings (SSSR count). The Kier molecular flexibility index (Phi) is 5.73. The van der Waals surface area contributed by atoms with Crippen LogP contribution < -0.4 is 10.9 Å². The molecular weight excluding hydrogens is 346 g/mol. The van der Waals surface area contributed by atoms with Crippen LogP contribution in [-0.2, 0) is 11.3 Å². The third-order valence-electron chi connectivity index (χ3n) is 4.15. The molecule has 0 aliphatic heterocycles. The molecule has 0 aliphatic carbocycles. The van der Waals surface area contributed by atoms with Crippen LogP contribution in [0.1, 0.15) is 25.5 Å². The van der Waals surface area contributed by atoms with E-state index in [0.717, 1.165) is 5.56 Å². The number of rotatable bonds is 6. The number of amides is 1. The Morgan fingerprint density at radius 1 is 1.15 bits per heavy atom. The van der Waals surface area contributed by atoms with Crippen molar-refractivity contribution in [2.75, 3.05) is 5.75 Å². The summed E-state index contributed by atoms with van der Waals surface area (Å²) < 4.78 is 1.61. The minimum atomic E-state index is -0.0867. The van der Waals surface area contributed by atoms with Crippen molar-refractivity contribution in [1.29, 1.82) is 0 Å². The van der Waals surface area contributed by atoms with Gasteiger partial charge in [-0.15, -0.1) is 0 Å². The summed E-state index contributed by atoms with van der Waals surface area (Å²) in [6.45, 7) is 4.37. The van der Waals surface area contributed by atoms with Crippen molar-refractivity contribution in [3.63, 3.8) is 0 Å². The van der Waals surface area contributed by atoms with E-state index in [1.54, 1.807) is 10.6 Å². The number of benzene rings is 2. The first kappa shape index (κ1) is 18.2. The zero-order chi connectivity index (χ0) is 18.5. The first-order chi connectivity index (χ1) is 12.6. The fraction of sp³-hybridized carbons (Fsp3) is 0.250. The van der Waals surface area contributed by atoms with Crippen LogP contribution >= 0.6 is 11.8 Å². The van der Waals surface area contributed by atoms with Gasteiger partial charge in [0, 0.05) is 6.54 Å². The summed E-state index contributed by atoms with van der Waals surface area (Å²) in [6, 6.07) is 17.0. The first-order valence-corrected chi connectivity index (χ1v) is 9.55. The predicted octanol–water partition coefficient (Wildman–Crippen LogP) is 3.39. The Bertz CT molecular complexity index is 970. The molecule has 0 saturated carbocycles. The second kappa shape index (κ2) is 8.19. The zero-order valence-electron chi connectivity index (χ0n) is 14.8. The SMILES string of the molecule is CCn1c(SCC(=O)NC(C)c2ccccc2)nc2ccccc2c1=O. The number of fused-ring (bicyclic) bond motifs is 1. The van der Waals surface area contributed by atoms with Crippen molar-refractivity contribution in [2.24, 2.45) is 0 Å². The molecule has 2 aromatic carbocycles. The van der Waals surface area contributed by atoms with Gasteiger partial charge in [0.25, 0.3) is 5.56 Å². The highest BCUT2D eigenvalue weighted by atomic mass is 32.2. The maximum atomic E-state index is 12.6. The smallest absolute Gasteiger partial charge is 0.262 e. The molecule has 1 unspecified atom stereocenters. The minimum Gasteiger partial charge on any atom is -0.349 e. The van der Waals surface area contributed by atoms with Crippen LogP contribution in [0.15, 0.2) is 64.5 Å². The molecule has 5 nitrogen and oxygen atoms in total. The lowest BCUT2D eigenvalue weighted by Gasteiger charge is -2.15. The number of carbonyl (C=O) groups excluding carboxylic acids is 1. The van der Waals surface area contributed by atoms with E-state index < -0.39 is 0 Å². The molecule has 3 aromatic rings. The number of hydrogen-bond acceptors (Lipinski definition) is 4.